The van der Waals surface area contributed by atoms with Crippen molar-refractivity contribution in [3.05, 3.63) is 63.3 Å². The van der Waals surface area contributed by atoms with Gasteiger partial charge in [0.2, 0.25) is 0 Å². The highest BCUT2D eigenvalue weighted by molar-refractivity contribution is 6.35. The van der Waals surface area contributed by atoms with Crippen molar-refractivity contribution in [1.82, 2.24) is 10.2 Å². The Labute approximate surface area is 187 Å². The van der Waals surface area contributed by atoms with E-state index in [2.05, 4.69) is 5.32 Å². The normalized spacial score (nSPS) is 15.7. The molecule has 162 valence electrons. The molecule has 1 fully saturated rings. The molecule has 2 aromatic carbocycles. The number of rotatable bonds is 7. The number of aliphatic carboxylic acids is 1. The average Bonchev–Trinajstić information content (AvgIpc) is 2.98. The van der Waals surface area contributed by atoms with Crippen molar-refractivity contribution in [2.24, 2.45) is 0 Å². The number of amides is 3. The number of hydrogen-bond donors (Lipinski definition) is 2. The molecule has 31 heavy (non-hydrogen) atoms. The molecule has 10 heteroatoms. The Bertz CT molecular complexity index is 1090. The Hall–Kier alpha value is -3.23. The van der Waals surface area contributed by atoms with Gasteiger partial charge in [-0.1, -0.05) is 35.3 Å². The zero-order chi connectivity index (χ0) is 22.7. The van der Waals surface area contributed by atoms with Crippen LogP contribution in [-0.4, -0.2) is 41.1 Å². The molecule has 1 saturated heterocycles. The summed E-state index contributed by atoms with van der Waals surface area (Å²) in [5.41, 5.74) is 1.19. The van der Waals surface area contributed by atoms with Crippen LogP contribution >= 0.6 is 23.2 Å². The number of benzene rings is 2. The third-order valence-electron chi connectivity index (χ3n) is 4.46. The number of nitrogens with zero attached hydrogens (tertiary/aromatic N) is 1. The molecule has 0 aromatic heterocycles. The number of urea groups is 1. The largest absolute Gasteiger partial charge is 0.493 e. The fourth-order valence-electron chi connectivity index (χ4n) is 2.81. The molecule has 1 heterocycles. The van der Waals surface area contributed by atoms with Crippen LogP contribution in [-0.2, 0) is 16.1 Å². The summed E-state index contributed by atoms with van der Waals surface area (Å²) in [5, 5.41) is 12.3. The molecule has 0 saturated carbocycles. The molecule has 1 aliphatic rings. The fourth-order valence-corrected chi connectivity index (χ4v) is 3.28. The Morgan fingerprint density at radius 2 is 1.94 bits per heavy atom. The second-order valence-electron chi connectivity index (χ2n) is 6.62. The maximum atomic E-state index is 12.7. The second kappa shape index (κ2) is 9.28. The fraction of sp³-hybridized carbons (Fsp3) is 0.190. The van der Waals surface area contributed by atoms with Gasteiger partial charge in [-0.15, -0.1) is 0 Å². The molecular formula is C21H18Cl2N2O6. The Morgan fingerprint density at radius 3 is 2.58 bits per heavy atom. The van der Waals surface area contributed by atoms with Gasteiger partial charge in [0, 0.05) is 10.0 Å². The number of hydrogen-bond acceptors (Lipinski definition) is 5. The first kappa shape index (κ1) is 22.5. The van der Waals surface area contributed by atoms with E-state index in [0.29, 0.717) is 21.2 Å². The second-order valence-corrected chi connectivity index (χ2v) is 7.47. The Morgan fingerprint density at radius 1 is 1.19 bits per heavy atom. The number of ether oxygens (including phenoxy) is 2. The SMILES string of the molecule is COc1cc(/C=C2/NC(=O)N(Cc3ccc(Cl)cc3Cl)C2=O)ccc1OC(C)C(=O)O. The van der Waals surface area contributed by atoms with Crippen LogP contribution in [0.15, 0.2) is 42.1 Å². The van der Waals surface area contributed by atoms with E-state index in [0.717, 1.165) is 4.90 Å². The standard InChI is InChI=1S/C21H18Cl2N2O6/c1-11(20(27)28)31-17-6-3-12(8-18(17)30-2)7-16-19(26)25(21(29)24-16)10-13-4-5-14(22)9-15(13)23/h3-9,11H,10H2,1-2H3,(H,24,29)(H,27,28)/b16-7+. The molecule has 3 rings (SSSR count). The van der Waals surface area contributed by atoms with Gasteiger partial charge in [-0.2, -0.15) is 0 Å². The molecule has 1 unspecified atom stereocenters. The van der Waals surface area contributed by atoms with E-state index < -0.39 is 24.0 Å². The number of methoxy groups -OCH3 is 1. The molecule has 0 spiro atoms. The third kappa shape index (κ3) is 5.10. The molecule has 1 aliphatic heterocycles. The van der Waals surface area contributed by atoms with Gasteiger partial charge in [0.1, 0.15) is 5.70 Å². The molecule has 0 bridgehead atoms. The minimum atomic E-state index is -1.12. The maximum Gasteiger partial charge on any atom is 0.344 e. The van der Waals surface area contributed by atoms with Crippen molar-refractivity contribution in [3.8, 4) is 11.5 Å². The highest BCUT2D eigenvalue weighted by atomic mass is 35.5. The van der Waals surface area contributed by atoms with E-state index in [1.807, 2.05) is 0 Å². The van der Waals surface area contributed by atoms with Crippen LogP contribution in [0.25, 0.3) is 6.08 Å². The molecule has 8 nitrogen and oxygen atoms in total. The molecule has 0 radical (unpaired) electrons. The number of carboxylic acids is 1. The van der Waals surface area contributed by atoms with Crippen molar-refractivity contribution in [3.63, 3.8) is 0 Å². The zero-order valence-corrected chi connectivity index (χ0v) is 18.0. The van der Waals surface area contributed by atoms with Gasteiger partial charge in [-0.3, -0.25) is 9.69 Å². The summed E-state index contributed by atoms with van der Waals surface area (Å²) in [5.74, 6) is -1.12. The van der Waals surface area contributed by atoms with E-state index >= 15 is 0 Å². The number of nitrogens with one attached hydrogen (secondary N) is 1. The third-order valence-corrected chi connectivity index (χ3v) is 5.04. The van der Waals surface area contributed by atoms with Crippen molar-refractivity contribution in [1.29, 1.82) is 0 Å². The lowest BCUT2D eigenvalue weighted by Crippen LogP contribution is -2.30. The van der Waals surface area contributed by atoms with Gasteiger partial charge < -0.3 is 19.9 Å². The number of halogens is 2. The number of carbonyl (C=O) groups is 3. The smallest absolute Gasteiger partial charge is 0.344 e. The molecule has 1 atom stereocenters. The van der Waals surface area contributed by atoms with Crippen molar-refractivity contribution in [2.75, 3.05) is 7.11 Å². The summed E-state index contributed by atoms with van der Waals surface area (Å²) in [4.78, 5) is 37.1. The first-order chi connectivity index (χ1) is 14.7. The van der Waals surface area contributed by atoms with Gasteiger partial charge in [0.05, 0.1) is 13.7 Å². The van der Waals surface area contributed by atoms with E-state index in [1.165, 1.54) is 32.2 Å². The molecular weight excluding hydrogens is 447 g/mol. The highest BCUT2D eigenvalue weighted by Gasteiger charge is 2.34. The molecule has 2 N–H and O–H groups in total. The summed E-state index contributed by atoms with van der Waals surface area (Å²) < 4.78 is 10.6. The summed E-state index contributed by atoms with van der Waals surface area (Å²) in [6.07, 6.45) is 0.415. The van der Waals surface area contributed by atoms with Crippen LogP contribution in [0.2, 0.25) is 10.0 Å². The van der Waals surface area contributed by atoms with Gasteiger partial charge in [0.25, 0.3) is 5.91 Å². The summed E-state index contributed by atoms with van der Waals surface area (Å²) >= 11 is 12.0. The van der Waals surface area contributed by atoms with Gasteiger partial charge >= 0.3 is 12.0 Å². The lowest BCUT2D eigenvalue weighted by molar-refractivity contribution is -0.144. The predicted octanol–water partition coefficient (Wildman–Crippen LogP) is 3.95. The lowest BCUT2D eigenvalue weighted by atomic mass is 10.1. The summed E-state index contributed by atoms with van der Waals surface area (Å²) in [7, 11) is 1.41. The van der Waals surface area contributed by atoms with Gasteiger partial charge in [-0.25, -0.2) is 9.59 Å². The minimum absolute atomic E-state index is 0.0127. The van der Waals surface area contributed by atoms with Crippen LogP contribution in [0, 0.1) is 0 Å². The minimum Gasteiger partial charge on any atom is -0.493 e. The molecule has 2 aromatic rings. The number of carboxylic acid groups (broad SMARTS) is 1. The van der Waals surface area contributed by atoms with Gasteiger partial charge in [0.15, 0.2) is 17.6 Å². The van der Waals surface area contributed by atoms with E-state index in [1.54, 1.807) is 24.3 Å². The van der Waals surface area contributed by atoms with Crippen LogP contribution in [0.3, 0.4) is 0 Å². The van der Waals surface area contributed by atoms with Crippen molar-refractivity contribution in [2.45, 2.75) is 19.6 Å². The van der Waals surface area contributed by atoms with Crippen LogP contribution in [0.4, 0.5) is 4.79 Å². The Balaban J connectivity index is 1.81. The highest BCUT2D eigenvalue weighted by Crippen LogP contribution is 2.30. The topological polar surface area (TPSA) is 105 Å². The first-order valence-corrected chi connectivity index (χ1v) is 9.81. The lowest BCUT2D eigenvalue weighted by Gasteiger charge is -2.14. The zero-order valence-electron chi connectivity index (χ0n) is 16.5. The van der Waals surface area contributed by atoms with Gasteiger partial charge in [-0.05, 0) is 48.4 Å². The van der Waals surface area contributed by atoms with Crippen LogP contribution in [0.1, 0.15) is 18.1 Å². The summed E-state index contributed by atoms with van der Waals surface area (Å²) in [6.45, 7) is 1.38. The average molecular weight is 465 g/mol. The quantitative estimate of drug-likeness (QED) is 0.474. The van der Waals surface area contributed by atoms with E-state index in [9.17, 15) is 14.4 Å². The maximum absolute atomic E-state index is 12.7. The molecule has 3 amide bonds. The van der Waals surface area contributed by atoms with Crippen LogP contribution < -0.4 is 14.8 Å². The number of imide groups is 1. The van der Waals surface area contributed by atoms with Crippen molar-refractivity contribution >= 4 is 47.2 Å². The summed E-state index contributed by atoms with van der Waals surface area (Å²) in [6, 6.07) is 8.93. The monoisotopic (exact) mass is 464 g/mol. The van der Waals surface area contributed by atoms with E-state index in [4.69, 9.17) is 37.8 Å². The predicted molar refractivity (Wildman–Crippen MR) is 114 cm³/mol. The van der Waals surface area contributed by atoms with E-state index in [-0.39, 0.29) is 23.7 Å². The van der Waals surface area contributed by atoms with Crippen molar-refractivity contribution < 1.29 is 29.0 Å². The molecule has 0 aliphatic carbocycles. The van der Waals surface area contributed by atoms with Crippen LogP contribution in [0.5, 0.6) is 11.5 Å². The first-order valence-electron chi connectivity index (χ1n) is 9.05. The Kier molecular flexibility index (Phi) is 6.72. The number of carbonyl (C=O) groups excluding carboxylic acids is 2.